The number of aryl methyl sites for hydroxylation is 1. The van der Waals surface area contributed by atoms with Gasteiger partial charge in [-0.15, -0.1) is 12.8 Å². The molecule has 0 aromatic heterocycles. The van der Waals surface area contributed by atoms with Crippen molar-refractivity contribution in [3.63, 3.8) is 0 Å². The number of benzene rings is 3. The smallest absolute Gasteiger partial charge is 0.211 e. The van der Waals surface area contributed by atoms with Crippen LogP contribution >= 0.6 is 12.8 Å². The van der Waals surface area contributed by atoms with Gasteiger partial charge in [-0.25, -0.2) is 0 Å². The molecule has 1 unspecified atom stereocenters. The number of hydrogen-bond donors (Lipinski definition) is 6. The third-order valence-corrected chi connectivity index (χ3v) is 4.28. The van der Waals surface area contributed by atoms with Gasteiger partial charge in [0.25, 0.3) is 0 Å². The number of thiol groups is 1. The quantitative estimate of drug-likeness (QED) is 0.155. The summed E-state index contributed by atoms with van der Waals surface area (Å²) in [6.07, 6.45) is 0.712. The van der Waals surface area contributed by atoms with Crippen molar-refractivity contribution in [2.24, 2.45) is 5.14 Å². The predicted molar refractivity (Wildman–Crippen MR) is 131 cm³/mol. The van der Waals surface area contributed by atoms with E-state index in [1.807, 2.05) is 56.4 Å². The molecule has 0 saturated heterocycles. The molecular formula is C23H31N5OS. The van der Waals surface area contributed by atoms with Gasteiger partial charge in [-0.05, 0) is 55.8 Å². The van der Waals surface area contributed by atoms with Gasteiger partial charge in [-0.2, -0.15) is 0 Å². The van der Waals surface area contributed by atoms with Gasteiger partial charge in [0.1, 0.15) is 0 Å². The topological polar surface area (TPSA) is 105 Å². The molecule has 160 valence electrons. The van der Waals surface area contributed by atoms with E-state index < -0.39 is 0 Å². The highest BCUT2D eigenvalue weighted by atomic mass is 32.1. The Bertz CT molecular complexity index is 873. The molecule has 0 aliphatic heterocycles. The fourth-order valence-corrected chi connectivity index (χ4v) is 2.80. The van der Waals surface area contributed by atoms with Crippen LogP contribution in [0.2, 0.25) is 0 Å². The van der Waals surface area contributed by atoms with Crippen molar-refractivity contribution in [3.8, 4) is 11.1 Å². The van der Waals surface area contributed by atoms with Crippen molar-refractivity contribution in [1.29, 1.82) is 0 Å². The Kier molecular flexibility index (Phi) is 11.9. The SMILES string of the molecule is CNNC(C)c1ccc(-c2ccc(C)cc2)cc1NC=O.NS.Nc1ccccc1. The molecule has 0 bridgehead atoms. The highest BCUT2D eigenvalue weighted by Gasteiger charge is 2.11. The predicted octanol–water partition coefficient (Wildman–Crippen LogP) is 4.07. The lowest BCUT2D eigenvalue weighted by atomic mass is 9.99. The fraction of sp³-hybridized carbons (Fsp3) is 0.174. The van der Waals surface area contributed by atoms with Gasteiger partial charge in [-0.3, -0.25) is 20.8 Å². The zero-order valence-corrected chi connectivity index (χ0v) is 18.5. The minimum Gasteiger partial charge on any atom is -0.399 e. The van der Waals surface area contributed by atoms with E-state index in [9.17, 15) is 4.79 Å². The van der Waals surface area contributed by atoms with E-state index in [0.29, 0.717) is 6.41 Å². The summed E-state index contributed by atoms with van der Waals surface area (Å²) < 4.78 is 0. The van der Waals surface area contributed by atoms with Crippen LogP contribution in [0.3, 0.4) is 0 Å². The van der Waals surface area contributed by atoms with Crippen molar-refractivity contribution in [1.82, 2.24) is 10.9 Å². The monoisotopic (exact) mass is 425 g/mol. The number of amides is 1. The minimum absolute atomic E-state index is 0.0875. The maximum atomic E-state index is 10.9. The van der Waals surface area contributed by atoms with Crippen molar-refractivity contribution >= 4 is 30.6 Å². The van der Waals surface area contributed by atoms with Gasteiger partial charge in [0.05, 0.1) is 0 Å². The van der Waals surface area contributed by atoms with Crippen LogP contribution in [0, 0.1) is 6.92 Å². The van der Waals surface area contributed by atoms with Crippen LogP contribution in [0.15, 0.2) is 72.8 Å². The lowest BCUT2D eigenvalue weighted by Crippen LogP contribution is -2.30. The van der Waals surface area contributed by atoms with E-state index in [4.69, 9.17) is 5.73 Å². The highest BCUT2D eigenvalue weighted by molar-refractivity contribution is 7.77. The summed E-state index contributed by atoms with van der Waals surface area (Å²) in [5.74, 6) is 0. The van der Waals surface area contributed by atoms with E-state index in [0.717, 1.165) is 28.1 Å². The van der Waals surface area contributed by atoms with Gasteiger partial charge < -0.3 is 11.1 Å². The van der Waals surface area contributed by atoms with E-state index in [1.165, 1.54) is 5.56 Å². The first-order valence-corrected chi connectivity index (χ1v) is 9.96. The lowest BCUT2D eigenvalue weighted by molar-refractivity contribution is -0.105. The first kappa shape index (κ1) is 25.2. The van der Waals surface area contributed by atoms with Crippen LogP contribution in [0.4, 0.5) is 11.4 Å². The van der Waals surface area contributed by atoms with E-state index in [2.05, 4.69) is 71.4 Å². The number of anilines is 2. The molecule has 0 spiro atoms. The number of carbonyl (C=O) groups is 1. The molecule has 0 fully saturated rings. The van der Waals surface area contributed by atoms with Crippen molar-refractivity contribution in [2.45, 2.75) is 19.9 Å². The second kappa shape index (κ2) is 14.2. The first-order valence-electron chi connectivity index (χ1n) is 9.45. The molecule has 6 nitrogen and oxygen atoms in total. The second-order valence-electron chi connectivity index (χ2n) is 6.46. The summed E-state index contributed by atoms with van der Waals surface area (Å²) in [4.78, 5) is 10.9. The number of hydrazine groups is 1. The molecule has 3 rings (SSSR count). The highest BCUT2D eigenvalue weighted by Crippen LogP contribution is 2.29. The lowest BCUT2D eigenvalue weighted by Gasteiger charge is -2.18. The first-order chi connectivity index (χ1) is 14.5. The molecule has 0 saturated carbocycles. The third kappa shape index (κ3) is 8.26. The van der Waals surface area contributed by atoms with Crippen LogP contribution in [0.25, 0.3) is 11.1 Å². The van der Waals surface area contributed by atoms with Gasteiger partial charge in [-0.1, -0.05) is 60.2 Å². The van der Waals surface area contributed by atoms with Crippen LogP contribution < -0.4 is 27.0 Å². The Morgan fingerprint density at radius 3 is 2.03 bits per heavy atom. The summed E-state index contributed by atoms with van der Waals surface area (Å²) in [5, 5.41) is 6.98. The Morgan fingerprint density at radius 1 is 0.933 bits per heavy atom. The molecule has 3 aromatic carbocycles. The molecule has 0 heterocycles. The average Bonchev–Trinajstić information content (AvgIpc) is 2.77. The molecule has 7 N–H and O–H groups in total. The molecule has 30 heavy (non-hydrogen) atoms. The van der Waals surface area contributed by atoms with Gasteiger partial charge in [0.15, 0.2) is 0 Å². The van der Waals surface area contributed by atoms with Crippen LogP contribution in [0.5, 0.6) is 0 Å². The molecule has 3 aromatic rings. The largest absolute Gasteiger partial charge is 0.399 e. The van der Waals surface area contributed by atoms with E-state index >= 15 is 0 Å². The zero-order valence-electron chi connectivity index (χ0n) is 17.6. The van der Waals surface area contributed by atoms with Gasteiger partial charge in [0.2, 0.25) is 6.41 Å². The number of rotatable bonds is 6. The number of nitrogen functional groups attached to an aromatic ring is 1. The molecule has 1 atom stereocenters. The van der Waals surface area contributed by atoms with E-state index in [-0.39, 0.29) is 6.04 Å². The minimum atomic E-state index is 0.0875. The molecular weight excluding hydrogens is 394 g/mol. The van der Waals surface area contributed by atoms with Crippen LogP contribution in [-0.2, 0) is 4.79 Å². The third-order valence-electron chi connectivity index (χ3n) is 4.28. The molecule has 0 aliphatic rings. The molecule has 1 amide bonds. The molecule has 7 heteroatoms. The number of para-hydroxylation sites is 1. The van der Waals surface area contributed by atoms with Crippen molar-refractivity contribution in [3.05, 3.63) is 83.9 Å². The fourth-order valence-electron chi connectivity index (χ4n) is 2.80. The van der Waals surface area contributed by atoms with Crippen molar-refractivity contribution in [2.75, 3.05) is 18.1 Å². The molecule has 0 radical (unpaired) electrons. The second-order valence-corrected chi connectivity index (χ2v) is 6.46. The average molecular weight is 426 g/mol. The maximum absolute atomic E-state index is 10.9. The normalized spacial score (nSPS) is 10.6. The van der Waals surface area contributed by atoms with Gasteiger partial charge >= 0.3 is 0 Å². The summed E-state index contributed by atoms with van der Waals surface area (Å²) in [5.41, 5.74) is 17.5. The maximum Gasteiger partial charge on any atom is 0.211 e. The number of hydrogen-bond acceptors (Lipinski definition) is 6. The van der Waals surface area contributed by atoms with Crippen LogP contribution in [0.1, 0.15) is 24.1 Å². The van der Waals surface area contributed by atoms with Crippen LogP contribution in [-0.4, -0.2) is 13.5 Å². The standard InChI is InChI=1S/C17H21N3O.C6H7N.H3NS/c1-12-4-6-14(7-5-12)15-8-9-16(13(2)20-18-3)17(10-15)19-11-21;7-6-4-2-1-3-5-6;1-2/h4-11,13,18,20H,1-3H3,(H,19,21);1-5H,7H2;2H,1H2. The van der Waals surface area contributed by atoms with Gasteiger partial charge in [0, 0.05) is 17.4 Å². The van der Waals surface area contributed by atoms with Crippen molar-refractivity contribution < 1.29 is 4.79 Å². The Morgan fingerprint density at radius 2 is 1.53 bits per heavy atom. The number of nitrogens with one attached hydrogen (secondary N) is 3. The zero-order chi connectivity index (χ0) is 22.4. The summed E-state index contributed by atoms with van der Waals surface area (Å²) >= 11 is 3.03. The molecule has 0 aliphatic carbocycles. The summed E-state index contributed by atoms with van der Waals surface area (Å²) in [7, 11) is 1.82. The summed E-state index contributed by atoms with van der Waals surface area (Å²) in [6, 6.07) is 24.0. The Labute approximate surface area is 184 Å². The number of nitrogens with two attached hydrogens (primary N) is 2. The Hall–Kier alpha value is -2.84. The number of carbonyl (C=O) groups excluding carboxylic acids is 1. The Balaban J connectivity index is 0.000000418. The van der Waals surface area contributed by atoms with E-state index in [1.54, 1.807) is 0 Å². The summed E-state index contributed by atoms with van der Waals surface area (Å²) in [6.45, 7) is 4.10.